The molecular weight excluding hydrogens is 697 g/mol. The minimum atomic E-state index is -1.42. The molecule has 8 rings (SSSR count). The smallest absolute Gasteiger partial charge is 0.226 e. The van der Waals surface area contributed by atoms with Crippen molar-refractivity contribution in [1.29, 1.82) is 0 Å². The summed E-state index contributed by atoms with van der Waals surface area (Å²) in [5, 5.41) is 0. The van der Waals surface area contributed by atoms with E-state index in [9.17, 15) is 0 Å². The van der Waals surface area contributed by atoms with E-state index in [1.54, 1.807) is 28.4 Å². The summed E-state index contributed by atoms with van der Waals surface area (Å²) in [7, 11) is 6.66. The summed E-state index contributed by atoms with van der Waals surface area (Å²) in [5.41, 5.74) is 7.32. The van der Waals surface area contributed by atoms with Gasteiger partial charge in [-0.05, 0) is 122 Å². The Morgan fingerprint density at radius 1 is 0.321 bits per heavy atom. The Morgan fingerprint density at radius 2 is 0.554 bits per heavy atom. The first-order chi connectivity index (χ1) is 27.3. The zero-order chi connectivity index (χ0) is 38.9. The molecule has 6 aromatic rings. The molecule has 0 aromatic heterocycles. The van der Waals surface area contributed by atoms with Gasteiger partial charge < -0.3 is 18.9 Å². The van der Waals surface area contributed by atoms with Gasteiger partial charge in [0.15, 0.2) is 0 Å². The molecule has 0 aliphatic carbocycles. The van der Waals surface area contributed by atoms with Gasteiger partial charge in [0.2, 0.25) is 11.3 Å². The van der Waals surface area contributed by atoms with Crippen LogP contribution in [0.15, 0.2) is 166 Å². The first kappa shape index (κ1) is 36.2. The van der Waals surface area contributed by atoms with Crippen LogP contribution < -0.4 is 18.9 Å². The van der Waals surface area contributed by atoms with E-state index in [0.717, 1.165) is 67.5 Å². The Bertz CT molecular complexity index is 2210. The van der Waals surface area contributed by atoms with Crippen molar-refractivity contribution in [1.82, 2.24) is 0 Å². The number of hydrogen-bond acceptors (Lipinski definition) is 8. The van der Waals surface area contributed by atoms with Crippen LogP contribution in [0.4, 0.5) is 0 Å². The Labute approximate surface area is 327 Å². The predicted octanol–water partition coefficient (Wildman–Crippen LogP) is 9.33. The Hall–Kier alpha value is -6.80. The molecule has 8 heteroatoms. The van der Waals surface area contributed by atoms with Crippen molar-refractivity contribution in [2.45, 2.75) is 25.2 Å². The molecule has 6 aromatic carbocycles. The Morgan fingerprint density at radius 3 is 0.768 bits per heavy atom. The first-order valence-corrected chi connectivity index (χ1v) is 18.4. The number of aryl methyl sites for hydroxylation is 2. The van der Waals surface area contributed by atoms with Gasteiger partial charge in [0.05, 0.1) is 51.3 Å². The van der Waals surface area contributed by atoms with Gasteiger partial charge in [-0.15, -0.1) is 0 Å². The number of aliphatic imine (C=N–C) groups is 4. The quantitative estimate of drug-likeness (QED) is 0.133. The van der Waals surface area contributed by atoms with E-state index in [1.807, 2.05) is 121 Å². The van der Waals surface area contributed by atoms with Crippen LogP contribution in [0.1, 0.15) is 44.5 Å². The van der Waals surface area contributed by atoms with Crippen molar-refractivity contribution < 1.29 is 18.9 Å². The second-order valence-electron chi connectivity index (χ2n) is 13.7. The predicted molar refractivity (Wildman–Crippen MR) is 224 cm³/mol. The summed E-state index contributed by atoms with van der Waals surface area (Å²) in [5.74, 6) is 2.98. The third-order valence-electron chi connectivity index (χ3n) is 10.5. The van der Waals surface area contributed by atoms with Crippen LogP contribution in [-0.2, 0) is 11.3 Å². The Kier molecular flexibility index (Phi) is 9.56. The van der Waals surface area contributed by atoms with Gasteiger partial charge in [-0.25, -0.2) is 20.0 Å². The second kappa shape index (κ2) is 14.8. The van der Waals surface area contributed by atoms with Crippen molar-refractivity contribution >= 4 is 22.8 Å². The van der Waals surface area contributed by atoms with Gasteiger partial charge in [0.25, 0.3) is 0 Å². The van der Waals surface area contributed by atoms with E-state index in [0.29, 0.717) is 22.8 Å². The molecule has 0 atom stereocenters. The number of rotatable bonds is 11. The van der Waals surface area contributed by atoms with E-state index in [-0.39, 0.29) is 0 Å². The molecule has 2 heterocycles. The van der Waals surface area contributed by atoms with Gasteiger partial charge in [0.1, 0.15) is 23.0 Å². The highest BCUT2D eigenvalue weighted by Gasteiger charge is 2.61. The van der Waals surface area contributed by atoms with E-state index in [1.165, 1.54) is 0 Å². The highest BCUT2D eigenvalue weighted by atomic mass is 16.5. The van der Waals surface area contributed by atoms with E-state index < -0.39 is 11.3 Å². The van der Waals surface area contributed by atoms with Crippen molar-refractivity contribution in [2.24, 2.45) is 20.0 Å². The number of hydrogen-bond donors (Lipinski definition) is 0. The molecule has 0 fully saturated rings. The first-order valence-electron chi connectivity index (χ1n) is 18.4. The van der Waals surface area contributed by atoms with Crippen LogP contribution in [0.5, 0.6) is 23.0 Å². The molecule has 0 bridgehead atoms. The standard InChI is InChI=1S/C48H42N4O4/c1-31-11-7-9-13-41(31)47(49-43(33-15-23-37(53-3)24-16-33)44(50-47)34-17-25-38(54-4)26-18-34)48(42-14-10-8-12-32(42)2)51-45(35-19-27-39(55-5)28-20-35)46(52-48)36-21-29-40(56-6)30-22-36/h7-30H,1-6H3. The lowest BCUT2D eigenvalue weighted by Gasteiger charge is -2.39. The maximum atomic E-state index is 5.85. The fraction of sp³-hybridized carbons (Fsp3) is 0.167. The largest absolute Gasteiger partial charge is 0.497 e. The Balaban J connectivity index is 1.52. The molecule has 0 amide bonds. The van der Waals surface area contributed by atoms with Crippen molar-refractivity contribution in [3.05, 3.63) is 190 Å². The SMILES string of the molecule is COc1ccc(C2=NC(c3ccccc3C)(C3(c4ccccc4C)N=C(c4ccc(OC)cc4)C(c4ccc(OC)cc4)=N3)N=C2c2ccc(OC)cc2)cc1. The third-order valence-corrected chi connectivity index (χ3v) is 10.5. The van der Waals surface area contributed by atoms with Crippen LogP contribution in [-0.4, -0.2) is 51.3 Å². The van der Waals surface area contributed by atoms with Crippen LogP contribution in [0, 0.1) is 13.8 Å². The maximum absolute atomic E-state index is 5.85. The molecule has 0 spiro atoms. The molecule has 278 valence electrons. The van der Waals surface area contributed by atoms with Crippen LogP contribution in [0.3, 0.4) is 0 Å². The summed E-state index contributed by atoms with van der Waals surface area (Å²) < 4.78 is 22.3. The summed E-state index contributed by atoms with van der Waals surface area (Å²) in [6.07, 6.45) is 0. The van der Waals surface area contributed by atoms with Crippen LogP contribution in [0.2, 0.25) is 0 Å². The molecule has 0 N–H and O–H groups in total. The fourth-order valence-electron chi connectivity index (χ4n) is 7.57. The molecule has 0 radical (unpaired) electrons. The summed E-state index contributed by atoms with van der Waals surface area (Å²) >= 11 is 0. The topological polar surface area (TPSA) is 86.4 Å². The molecule has 0 unspecified atom stereocenters. The second-order valence-corrected chi connectivity index (χ2v) is 13.7. The van der Waals surface area contributed by atoms with Crippen molar-refractivity contribution in [2.75, 3.05) is 28.4 Å². The molecule has 2 aliphatic heterocycles. The minimum Gasteiger partial charge on any atom is -0.497 e. The van der Waals surface area contributed by atoms with Crippen molar-refractivity contribution in [3.8, 4) is 23.0 Å². The maximum Gasteiger partial charge on any atom is 0.226 e. The number of ether oxygens (including phenoxy) is 4. The molecular formula is C48H42N4O4. The number of benzene rings is 6. The molecule has 0 saturated carbocycles. The van der Waals surface area contributed by atoms with Crippen LogP contribution >= 0.6 is 0 Å². The van der Waals surface area contributed by atoms with Gasteiger partial charge in [-0.1, -0.05) is 48.5 Å². The van der Waals surface area contributed by atoms with Crippen LogP contribution in [0.25, 0.3) is 0 Å². The average Bonchev–Trinajstić information content (AvgIpc) is 3.87. The van der Waals surface area contributed by atoms with E-state index in [2.05, 4.69) is 38.1 Å². The molecule has 56 heavy (non-hydrogen) atoms. The highest BCUT2D eigenvalue weighted by Crippen LogP contribution is 2.56. The normalized spacial score (nSPS) is 15.3. The zero-order valence-corrected chi connectivity index (χ0v) is 32.3. The molecule has 8 nitrogen and oxygen atoms in total. The summed E-state index contributed by atoms with van der Waals surface area (Å²) in [6.45, 7) is 4.20. The van der Waals surface area contributed by atoms with Gasteiger partial charge in [0, 0.05) is 33.4 Å². The zero-order valence-electron chi connectivity index (χ0n) is 32.3. The minimum absolute atomic E-state index is 0.711. The molecule has 2 aliphatic rings. The number of nitrogens with zero attached hydrogens (tertiary/aromatic N) is 4. The number of methoxy groups -OCH3 is 4. The van der Waals surface area contributed by atoms with Crippen molar-refractivity contribution in [3.63, 3.8) is 0 Å². The highest BCUT2D eigenvalue weighted by molar-refractivity contribution is 6.55. The van der Waals surface area contributed by atoms with E-state index in [4.69, 9.17) is 38.9 Å². The lowest BCUT2D eigenvalue weighted by atomic mass is 9.79. The third kappa shape index (κ3) is 6.13. The average molecular weight is 739 g/mol. The van der Waals surface area contributed by atoms with Gasteiger partial charge in [-0.2, -0.15) is 0 Å². The lowest BCUT2D eigenvalue weighted by Crippen LogP contribution is -2.44. The van der Waals surface area contributed by atoms with Gasteiger partial charge >= 0.3 is 0 Å². The summed E-state index contributed by atoms with van der Waals surface area (Å²) in [6, 6.07) is 48.4. The lowest BCUT2D eigenvalue weighted by molar-refractivity contribution is 0.255. The monoisotopic (exact) mass is 738 g/mol. The summed E-state index contributed by atoms with van der Waals surface area (Å²) in [4.78, 5) is 23.4. The molecule has 0 saturated heterocycles. The van der Waals surface area contributed by atoms with Gasteiger partial charge in [-0.3, -0.25) is 0 Å². The fourth-order valence-corrected chi connectivity index (χ4v) is 7.57. The van der Waals surface area contributed by atoms with E-state index >= 15 is 0 Å².